The summed E-state index contributed by atoms with van der Waals surface area (Å²) in [4.78, 5) is 2.29. The molecular weight excluding hydrogens is 252 g/mol. The van der Waals surface area contributed by atoms with Gasteiger partial charge in [-0.05, 0) is 31.9 Å². The highest BCUT2D eigenvalue weighted by Gasteiger charge is 2.21. The number of para-hydroxylation sites is 1. The number of nitrogens with one attached hydrogen (secondary N) is 1. The minimum absolute atomic E-state index is 0.748. The molecule has 0 saturated heterocycles. The predicted molar refractivity (Wildman–Crippen MR) is 80.3 cm³/mol. The maximum atomic E-state index is 5.80. The summed E-state index contributed by atoms with van der Waals surface area (Å²) in [6.45, 7) is 5.27. The number of rotatable bonds is 7. The molecule has 3 rings (SSSR count). The molecule has 0 aromatic heterocycles. The molecule has 0 radical (unpaired) electrons. The molecule has 1 saturated carbocycles. The van der Waals surface area contributed by atoms with Crippen molar-refractivity contribution >= 4 is 5.69 Å². The van der Waals surface area contributed by atoms with Crippen LogP contribution in [0.1, 0.15) is 18.4 Å². The van der Waals surface area contributed by atoms with Crippen LogP contribution in [0.5, 0.6) is 5.75 Å². The second-order valence-electron chi connectivity index (χ2n) is 5.83. The van der Waals surface area contributed by atoms with E-state index in [1.807, 2.05) is 0 Å². The number of fused-ring (bicyclic) bond motifs is 1. The highest BCUT2D eigenvalue weighted by atomic mass is 16.5. The van der Waals surface area contributed by atoms with Gasteiger partial charge in [0.05, 0.1) is 12.3 Å². The fraction of sp³-hybridized carbons (Fsp3) is 0.625. The molecule has 4 nitrogen and oxygen atoms in total. The quantitative estimate of drug-likeness (QED) is 0.775. The number of hydrogen-bond acceptors (Lipinski definition) is 4. The first-order valence-corrected chi connectivity index (χ1v) is 7.58. The van der Waals surface area contributed by atoms with Crippen LogP contribution in [0.3, 0.4) is 0 Å². The van der Waals surface area contributed by atoms with Crippen LogP contribution >= 0.6 is 0 Å². The zero-order valence-electron chi connectivity index (χ0n) is 12.2. The van der Waals surface area contributed by atoms with E-state index in [4.69, 9.17) is 9.47 Å². The van der Waals surface area contributed by atoms with Crippen LogP contribution in [-0.4, -0.2) is 44.9 Å². The van der Waals surface area contributed by atoms with Gasteiger partial charge < -0.3 is 14.8 Å². The van der Waals surface area contributed by atoms with Gasteiger partial charge in [0.15, 0.2) is 0 Å². The van der Waals surface area contributed by atoms with Gasteiger partial charge in [-0.2, -0.15) is 0 Å². The lowest BCUT2D eigenvalue weighted by Crippen LogP contribution is -2.25. The van der Waals surface area contributed by atoms with Gasteiger partial charge in [0.25, 0.3) is 0 Å². The minimum Gasteiger partial charge on any atom is -0.489 e. The molecule has 1 aromatic carbocycles. The van der Waals surface area contributed by atoms with Crippen molar-refractivity contribution < 1.29 is 9.47 Å². The smallest absolute Gasteiger partial charge is 0.146 e. The largest absolute Gasteiger partial charge is 0.489 e. The normalized spacial score (nSPS) is 17.5. The first-order valence-electron chi connectivity index (χ1n) is 7.58. The Bertz CT molecular complexity index is 446. The van der Waals surface area contributed by atoms with Crippen LogP contribution in [0.2, 0.25) is 0 Å². The maximum Gasteiger partial charge on any atom is 0.146 e. The Morgan fingerprint density at radius 3 is 3.15 bits per heavy atom. The third kappa shape index (κ3) is 3.64. The van der Waals surface area contributed by atoms with Gasteiger partial charge in [0.2, 0.25) is 0 Å². The third-order valence-corrected chi connectivity index (χ3v) is 3.87. The van der Waals surface area contributed by atoms with E-state index in [1.165, 1.54) is 18.4 Å². The molecule has 110 valence electrons. The average molecular weight is 276 g/mol. The highest BCUT2D eigenvalue weighted by Crippen LogP contribution is 2.32. The van der Waals surface area contributed by atoms with Crippen molar-refractivity contribution in [1.82, 2.24) is 4.90 Å². The molecular formula is C16H24N2O2. The molecule has 1 aliphatic carbocycles. The van der Waals surface area contributed by atoms with E-state index in [0.29, 0.717) is 0 Å². The summed E-state index contributed by atoms with van der Waals surface area (Å²) >= 11 is 0. The second kappa shape index (κ2) is 6.46. The van der Waals surface area contributed by atoms with Crippen molar-refractivity contribution in [3.05, 3.63) is 23.8 Å². The summed E-state index contributed by atoms with van der Waals surface area (Å²) in [5.41, 5.74) is 2.37. The van der Waals surface area contributed by atoms with Gasteiger partial charge in [-0.15, -0.1) is 0 Å². The van der Waals surface area contributed by atoms with Crippen molar-refractivity contribution in [2.24, 2.45) is 5.92 Å². The van der Waals surface area contributed by atoms with Crippen molar-refractivity contribution in [2.45, 2.75) is 19.4 Å². The first-order chi connectivity index (χ1) is 9.83. The molecule has 0 unspecified atom stereocenters. The summed E-state index contributed by atoms with van der Waals surface area (Å²) in [5.74, 6) is 1.87. The van der Waals surface area contributed by atoms with Crippen LogP contribution in [0.25, 0.3) is 0 Å². The van der Waals surface area contributed by atoms with Crippen LogP contribution in [0.4, 0.5) is 5.69 Å². The molecule has 0 amide bonds. The van der Waals surface area contributed by atoms with Crippen LogP contribution in [0.15, 0.2) is 18.2 Å². The lowest BCUT2D eigenvalue weighted by atomic mass is 10.1. The molecule has 4 heteroatoms. The maximum absolute atomic E-state index is 5.80. The average Bonchev–Trinajstić information content (AvgIpc) is 3.28. The van der Waals surface area contributed by atoms with Crippen molar-refractivity contribution in [1.29, 1.82) is 0 Å². The van der Waals surface area contributed by atoms with E-state index >= 15 is 0 Å². The molecule has 1 aliphatic heterocycles. The van der Waals surface area contributed by atoms with Gasteiger partial charge in [0.1, 0.15) is 12.4 Å². The molecule has 1 aromatic rings. The summed E-state index contributed by atoms with van der Waals surface area (Å²) < 4.78 is 11.5. The molecule has 20 heavy (non-hydrogen) atoms. The third-order valence-electron chi connectivity index (χ3n) is 3.87. The summed E-state index contributed by atoms with van der Waals surface area (Å²) in [7, 11) is 2.14. The van der Waals surface area contributed by atoms with Gasteiger partial charge >= 0.3 is 0 Å². The number of ether oxygens (including phenoxy) is 2. The Morgan fingerprint density at radius 1 is 1.40 bits per heavy atom. The molecule has 1 heterocycles. The van der Waals surface area contributed by atoms with Crippen LogP contribution in [-0.2, 0) is 11.3 Å². The van der Waals surface area contributed by atoms with E-state index in [2.05, 4.69) is 35.5 Å². The number of nitrogens with zero attached hydrogens (tertiary/aromatic N) is 1. The monoisotopic (exact) mass is 276 g/mol. The predicted octanol–water partition coefficient (Wildman–Crippen LogP) is 2.35. The Hall–Kier alpha value is -1.26. The van der Waals surface area contributed by atoms with Crippen molar-refractivity contribution in [2.75, 3.05) is 45.3 Å². The first kappa shape index (κ1) is 13.7. The van der Waals surface area contributed by atoms with E-state index in [-0.39, 0.29) is 0 Å². The van der Waals surface area contributed by atoms with Crippen molar-refractivity contribution in [3.63, 3.8) is 0 Å². The van der Waals surface area contributed by atoms with E-state index in [9.17, 15) is 0 Å². The lowest BCUT2D eigenvalue weighted by Gasteiger charge is -2.24. The minimum atomic E-state index is 0.748. The lowest BCUT2D eigenvalue weighted by molar-refractivity contribution is 0.101. The fourth-order valence-electron chi connectivity index (χ4n) is 2.48. The van der Waals surface area contributed by atoms with Gasteiger partial charge in [0, 0.05) is 31.8 Å². The standard InChI is InChI=1S/C16H24N2O2/c1-18(8-10-19-12-13-5-6-13)11-14-3-2-4-15-16(14)20-9-7-17-15/h2-4,13,17H,5-12H2,1H3. The molecule has 0 spiro atoms. The van der Waals surface area contributed by atoms with Gasteiger partial charge in [-0.1, -0.05) is 12.1 Å². The topological polar surface area (TPSA) is 33.7 Å². The molecule has 1 N–H and O–H groups in total. The summed E-state index contributed by atoms with van der Waals surface area (Å²) in [6.07, 6.45) is 2.71. The summed E-state index contributed by atoms with van der Waals surface area (Å²) in [5, 5.41) is 3.38. The number of likely N-dealkylation sites (N-methyl/N-ethyl adjacent to an activating group) is 1. The summed E-state index contributed by atoms with van der Waals surface area (Å²) in [6, 6.07) is 6.32. The van der Waals surface area contributed by atoms with Crippen molar-refractivity contribution in [3.8, 4) is 5.75 Å². The van der Waals surface area contributed by atoms with Gasteiger partial charge in [-0.3, -0.25) is 4.90 Å². The van der Waals surface area contributed by atoms with E-state index in [0.717, 1.165) is 56.8 Å². The number of anilines is 1. The number of benzene rings is 1. The number of hydrogen-bond donors (Lipinski definition) is 1. The molecule has 0 atom stereocenters. The zero-order valence-corrected chi connectivity index (χ0v) is 12.2. The Kier molecular flexibility index (Phi) is 4.43. The van der Waals surface area contributed by atoms with Crippen LogP contribution < -0.4 is 10.1 Å². The van der Waals surface area contributed by atoms with E-state index < -0.39 is 0 Å². The molecule has 1 fully saturated rings. The SMILES string of the molecule is CN(CCOCC1CC1)Cc1cccc2c1OCCN2. The van der Waals surface area contributed by atoms with Gasteiger partial charge in [-0.25, -0.2) is 0 Å². The fourth-order valence-corrected chi connectivity index (χ4v) is 2.48. The molecule has 0 bridgehead atoms. The Balaban J connectivity index is 1.48. The van der Waals surface area contributed by atoms with Crippen LogP contribution in [0, 0.1) is 5.92 Å². The Labute approximate surface area is 121 Å². The molecule has 2 aliphatic rings. The highest BCUT2D eigenvalue weighted by molar-refractivity contribution is 5.61. The second-order valence-corrected chi connectivity index (χ2v) is 5.83. The zero-order chi connectivity index (χ0) is 13.8. The van der Waals surface area contributed by atoms with E-state index in [1.54, 1.807) is 0 Å². The Morgan fingerprint density at radius 2 is 2.30 bits per heavy atom.